The minimum atomic E-state index is -0.275. The third-order valence-electron chi connectivity index (χ3n) is 2.73. The van der Waals surface area contributed by atoms with E-state index >= 15 is 0 Å². The monoisotopic (exact) mass is 276 g/mol. The van der Waals surface area contributed by atoms with Crippen LogP contribution in [0.25, 0.3) is 0 Å². The van der Waals surface area contributed by atoms with Crippen LogP contribution in [0, 0.1) is 13.8 Å². The van der Waals surface area contributed by atoms with Crippen molar-refractivity contribution in [2.24, 2.45) is 0 Å². The maximum atomic E-state index is 11.2. The number of carbonyl (C=O) groups excluding carboxylic acids is 1. The van der Waals surface area contributed by atoms with Crippen LogP contribution in [0.1, 0.15) is 16.8 Å². The highest BCUT2D eigenvalue weighted by molar-refractivity contribution is 7.13. The van der Waals surface area contributed by atoms with E-state index in [-0.39, 0.29) is 12.4 Å². The van der Waals surface area contributed by atoms with Gasteiger partial charge in [-0.3, -0.25) is 4.79 Å². The van der Waals surface area contributed by atoms with Crippen LogP contribution < -0.4 is 5.32 Å². The van der Waals surface area contributed by atoms with Crippen molar-refractivity contribution in [3.05, 3.63) is 40.4 Å². The molecule has 0 saturated carbocycles. The number of methoxy groups -OCH3 is 1. The Balaban J connectivity index is 2.09. The van der Waals surface area contributed by atoms with Crippen LogP contribution >= 0.6 is 11.3 Å². The standard InChI is InChI=1S/C14H16N2O2S/c1-9-4-5-12(10(2)6-9)16-14-15-11(8-19-14)7-13(17)18-3/h4-6,8H,7H2,1-3H3,(H,15,16). The molecule has 0 bridgehead atoms. The van der Waals surface area contributed by atoms with Gasteiger partial charge in [-0.15, -0.1) is 11.3 Å². The second-order valence-corrected chi connectivity index (χ2v) is 5.20. The molecule has 0 amide bonds. The fourth-order valence-corrected chi connectivity index (χ4v) is 2.46. The van der Waals surface area contributed by atoms with Crippen molar-refractivity contribution in [2.75, 3.05) is 12.4 Å². The highest BCUT2D eigenvalue weighted by Gasteiger charge is 2.08. The highest BCUT2D eigenvalue weighted by Crippen LogP contribution is 2.24. The fraction of sp³-hybridized carbons (Fsp3) is 0.286. The summed E-state index contributed by atoms with van der Waals surface area (Å²) < 4.78 is 4.62. The van der Waals surface area contributed by atoms with Gasteiger partial charge in [-0.05, 0) is 25.5 Å². The number of thiazole rings is 1. The summed E-state index contributed by atoms with van der Waals surface area (Å²) in [5, 5.41) is 5.91. The zero-order valence-electron chi connectivity index (χ0n) is 11.2. The van der Waals surface area contributed by atoms with E-state index in [1.807, 2.05) is 11.4 Å². The molecule has 2 rings (SSSR count). The number of benzene rings is 1. The molecule has 19 heavy (non-hydrogen) atoms. The molecule has 100 valence electrons. The van der Waals surface area contributed by atoms with Gasteiger partial charge in [0.05, 0.1) is 19.2 Å². The largest absolute Gasteiger partial charge is 0.469 e. The molecule has 0 radical (unpaired) electrons. The average Bonchev–Trinajstić information content (AvgIpc) is 2.80. The van der Waals surface area contributed by atoms with Crippen molar-refractivity contribution < 1.29 is 9.53 Å². The molecule has 0 aliphatic carbocycles. The lowest BCUT2D eigenvalue weighted by molar-refractivity contribution is -0.139. The van der Waals surface area contributed by atoms with Crippen LogP contribution in [0.5, 0.6) is 0 Å². The van der Waals surface area contributed by atoms with Gasteiger partial charge in [0.15, 0.2) is 5.13 Å². The lowest BCUT2D eigenvalue weighted by Gasteiger charge is -2.07. The molecule has 0 atom stereocenters. The number of ether oxygens (including phenoxy) is 1. The Hall–Kier alpha value is -1.88. The van der Waals surface area contributed by atoms with Gasteiger partial charge in [-0.2, -0.15) is 0 Å². The Morgan fingerprint density at radius 3 is 2.89 bits per heavy atom. The molecule has 5 heteroatoms. The minimum absolute atomic E-state index is 0.210. The number of hydrogen-bond acceptors (Lipinski definition) is 5. The second kappa shape index (κ2) is 5.84. The first kappa shape index (κ1) is 13.5. The summed E-state index contributed by atoms with van der Waals surface area (Å²) in [4.78, 5) is 15.5. The molecule has 1 aromatic heterocycles. The molecule has 1 N–H and O–H groups in total. The Morgan fingerprint density at radius 2 is 2.21 bits per heavy atom. The lowest BCUT2D eigenvalue weighted by atomic mass is 10.1. The van der Waals surface area contributed by atoms with Gasteiger partial charge in [0.25, 0.3) is 0 Å². The molecule has 0 aliphatic heterocycles. The van der Waals surface area contributed by atoms with Gasteiger partial charge in [0.2, 0.25) is 0 Å². The normalized spacial score (nSPS) is 10.3. The zero-order chi connectivity index (χ0) is 13.8. The second-order valence-electron chi connectivity index (χ2n) is 4.34. The average molecular weight is 276 g/mol. The van der Waals surface area contributed by atoms with Crippen molar-refractivity contribution in [3.63, 3.8) is 0 Å². The van der Waals surface area contributed by atoms with Crippen molar-refractivity contribution in [2.45, 2.75) is 20.3 Å². The van der Waals surface area contributed by atoms with Gasteiger partial charge >= 0.3 is 5.97 Å². The van der Waals surface area contributed by atoms with Crippen LogP contribution in [-0.2, 0) is 16.0 Å². The number of esters is 1. The van der Waals surface area contributed by atoms with Crippen molar-refractivity contribution in [3.8, 4) is 0 Å². The number of nitrogens with one attached hydrogen (secondary N) is 1. The van der Waals surface area contributed by atoms with Gasteiger partial charge < -0.3 is 10.1 Å². The maximum absolute atomic E-state index is 11.2. The van der Waals surface area contributed by atoms with Gasteiger partial charge in [0.1, 0.15) is 0 Å². The van der Waals surface area contributed by atoms with Crippen LogP contribution in [0.4, 0.5) is 10.8 Å². The van der Waals surface area contributed by atoms with Gasteiger partial charge in [-0.1, -0.05) is 17.7 Å². The van der Waals surface area contributed by atoms with E-state index in [9.17, 15) is 4.79 Å². The van der Waals surface area contributed by atoms with Gasteiger partial charge in [0, 0.05) is 11.1 Å². The Morgan fingerprint density at radius 1 is 1.42 bits per heavy atom. The quantitative estimate of drug-likeness (QED) is 0.871. The molecule has 2 aromatic rings. The number of hydrogen-bond donors (Lipinski definition) is 1. The molecule has 1 aromatic carbocycles. The molecule has 0 aliphatic rings. The molecule has 0 unspecified atom stereocenters. The molecule has 4 nitrogen and oxygen atoms in total. The van der Waals surface area contributed by atoms with Crippen molar-refractivity contribution in [1.29, 1.82) is 0 Å². The topological polar surface area (TPSA) is 51.2 Å². The smallest absolute Gasteiger partial charge is 0.311 e. The number of rotatable bonds is 4. The molecule has 0 fully saturated rings. The first-order valence-corrected chi connectivity index (χ1v) is 6.82. The number of anilines is 2. The SMILES string of the molecule is COC(=O)Cc1csc(Nc2ccc(C)cc2C)n1. The van der Waals surface area contributed by atoms with E-state index in [4.69, 9.17) is 0 Å². The molecular formula is C14H16N2O2S. The predicted octanol–water partition coefficient (Wildman–Crippen LogP) is 3.22. The number of carbonyl (C=O) groups is 1. The van der Waals surface area contributed by atoms with E-state index in [0.717, 1.165) is 16.5 Å². The third-order valence-corrected chi connectivity index (χ3v) is 3.53. The maximum Gasteiger partial charge on any atom is 0.311 e. The van der Waals surface area contributed by atoms with Crippen LogP contribution in [0.2, 0.25) is 0 Å². The molecular weight excluding hydrogens is 260 g/mol. The Labute approximate surface area is 116 Å². The highest BCUT2D eigenvalue weighted by atomic mass is 32.1. The summed E-state index contributed by atoms with van der Waals surface area (Å²) in [6.45, 7) is 4.12. The van der Waals surface area contributed by atoms with E-state index in [1.165, 1.54) is 29.6 Å². The van der Waals surface area contributed by atoms with E-state index in [1.54, 1.807) is 0 Å². The summed E-state index contributed by atoms with van der Waals surface area (Å²) in [6.07, 6.45) is 0.210. The van der Waals surface area contributed by atoms with E-state index in [0.29, 0.717) is 0 Å². The first-order chi connectivity index (χ1) is 9.08. The van der Waals surface area contributed by atoms with E-state index < -0.39 is 0 Å². The summed E-state index contributed by atoms with van der Waals surface area (Å²) in [6, 6.07) is 6.20. The third kappa shape index (κ3) is 3.54. The zero-order valence-corrected chi connectivity index (χ0v) is 12.0. The number of aromatic nitrogens is 1. The summed E-state index contributed by atoms with van der Waals surface area (Å²) in [5.74, 6) is -0.275. The lowest BCUT2D eigenvalue weighted by Crippen LogP contribution is -2.04. The predicted molar refractivity (Wildman–Crippen MR) is 77.0 cm³/mol. The van der Waals surface area contributed by atoms with Crippen molar-refractivity contribution in [1.82, 2.24) is 4.98 Å². The molecule has 0 spiro atoms. The van der Waals surface area contributed by atoms with Crippen molar-refractivity contribution >= 4 is 28.1 Å². The van der Waals surface area contributed by atoms with Crippen LogP contribution in [0.15, 0.2) is 23.6 Å². The molecule has 0 saturated heterocycles. The summed E-state index contributed by atoms with van der Waals surface area (Å²) in [7, 11) is 1.38. The fourth-order valence-electron chi connectivity index (χ4n) is 1.73. The van der Waals surface area contributed by atoms with Crippen LogP contribution in [0.3, 0.4) is 0 Å². The Kier molecular flexibility index (Phi) is 4.16. The van der Waals surface area contributed by atoms with Crippen LogP contribution in [-0.4, -0.2) is 18.1 Å². The van der Waals surface area contributed by atoms with Gasteiger partial charge in [-0.25, -0.2) is 4.98 Å². The summed E-state index contributed by atoms with van der Waals surface area (Å²) in [5.41, 5.74) is 4.16. The minimum Gasteiger partial charge on any atom is -0.469 e. The van der Waals surface area contributed by atoms with E-state index in [2.05, 4.69) is 41.0 Å². The number of aryl methyl sites for hydroxylation is 2. The first-order valence-electron chi connectivity index (χ1n) is 5.94. The summed E-state index contributed by atoms with van der Waals surface area (Å²) >= 11 is 1.48. The molecule has 1 heterocycles. The Bertz CT molecular complexity index is 593. The number of nitrogens with zero attached hydrogens (tertiary/aromatic N) is 1.